The van der Waals surface area contributed by atoms with Gasteiger partial charge in [-0.05, 0) is 56.5 Å². The summed E-state index contributed by atoms with van der Waals surface area (Å²) in [6, 6.07) is 16.7. The van der Waals surface area contributed by atoms with E-state index in [0.717, 1.165) is 48.6 Å². The SMILES string of the molecule is CC(C)[S@@+]([O-])N1[C@H](c2ccc(OCCN3CC(CF)C3)cc2)c2[nH]c3ccccc3c2C[C@H]1C. The molecule has 0 bridgehead atoms. The molecule has 0 unspecified atom stereocenters. The molecule has 0 aliphatic carbocycles. The van der Waals surface area contributed by atoms with Gasteiger partial charge in [0.1, 0.15) is 23.6 Å². The van der Waals surface area contributed by atoms with E-state index in [0.29, 0.717) is 6.61 Å². The molecule has 182 valence electrons. The predicted octanol–water partition coefficient (Wildman–Crippen LogP) is 4.86. The van der Waals surface area contributed by atoms with E-state index in [1.54, 1.807) is 0 Å². The molecular formula is C27H34FN3O2S. The van der Waals surface area contributed by atoms with Crippen molar-refractivity contribution in [3.05, 3.63) is 65.4 Å². The van der Waals surface area contributed by atoms with E-state index in [4.69, 9.17) is 4.74 Å². The maximum Gasteiger partial charge on any atom is 0.130 e. The lowest BCUT2D eigenvalue weighted by atomic mass is 9.91. The van der Waals surface area contributed by atoms with E-state index in [1.165, 1.54) is 10.9 Å². The number of fused-ring (bicyclic) bond motifs is 3. The molecule has 0 radical (unpaired) electrons. The van der Waals surface area contributed by atoms with Crippen LogP contribution in [0.5, 0.6) is 5.75 Å². The predicted molar refractivity (Wildman–Crippen MR) is 136 cm³/mol. The Bertz CT molecular complexity index is 1110. The van der Waals surface area contributed by atoms with Gasteiger partial charge in [-0.3, -0.25) is 9.29 Å². The second-order valence-electron chi connectivity index (χ2n) is 9.90. The Balaban J connectivity index is 1.39. The Morgan fingerprint density at radius 3 is 2.59 bits per heavy atom. The van der Waals surface area contributed by atoms with E-state index in [9.17, 15) is 8.94 Å². The highest BCUT2D eigenvalue weighted by Crippen LogP contribution is 2.43. The molecule has 2 aromatic carbocycles. The van der Waals surface area contributed by atoms with Gasteiger partial charge in [0.15, 0.2) is 0 Å². The Morgan fingerprint density at radius 2 is 1.88 bits per heavy atom. The molecular weight excluding hydrogens is 449 g/mol. The minimum Gasteiger partial charge on any atom is -0.598 e. The van der Waals surface area contributed by atoms with Crippen LogP contribution in [0.3, 0.4) is 0 Å². The smallest absolute Gasteiger partial charge is 0.130 e. The number of likely N-dealkylation sites (tertiary alicyclic amines) is 1. The van der Waals surface area contributed by atoms with E-state index >= 15 is 0 Å². The normalized spacial score (nSPS) is 22.6. The van der Waals surface area contributed by atoms with Gasteiger partial charge in [-0.25, -0.2) is 0 Å². The lowest BCUT2D eigenvalue weighted by Crippen LogP contribution is -2.49. The minimum atomic E-state index is -1.11. The Kier molecular flexibility index (Phi) is 6.89. The average molecular weight is 484 g/mol. The van der Waals surface area contributed by atoms with E-state index in [1.807, 2.05) is 26.0 Å². The molecule has 3 atom stereocenters. The van der Waals surface area contributed by atoms with Gasteiger partial charge in [0.05, 0.1) is 12.7 Å². The van der Waals surface area contributed by atoms with Crippen molar-refractivity contribution in [3.8, 4) is 5.75 Å². The quantitative estimate of drug-likeness (QED) is 0.465. The van der Waals surface area contributed by atoms with Crippen molar-refractivity contribution in [1.82, 2.24) is 14.2 Å². The summed E-state index contributed by atoms with van der Waals surface area (Å²) in [6.07, 6.45) is 0.870. The van der Waals surface area contributed by atoms with Gasteiger partial charge < -0.3 is 14.3 Å². The number of nitrogens with zero attached hydrogens (tertiary/aromatic N) is 2. The van der Waals surface area contributed by atoms with Crippen molar-refractivity contribution in [2.75, 3.05) is 32.9 Å². The highest BCUT2D eigenvalue weighted by Gasteiger charge is 2.43. The monoisotopic (exact) mass is 483 g/mol. The number of aromatic nitrogens is 1. The Hall–Kier alpha value is -2.06. The molecule has 1 aromatic heterocycles. The summed E-state index contributed by atoms with van der Waals surface area (Å²) in [5.74, 6) is 1.02. The van der Waals surface area contributed by atoms with Gasteiger partial charge in [-0.2, -0.15) is 0 Å². The highest BCUT2D eigenvalue weighted by atomic mass is 32.2. The molecule has 7 heteroatoms. The van der Waals surface area contributed by atoms with Crippen LogP contribution in [0, 0.1) is 5.92 Å². The molecule has 3 aromatic rings. The van der Waals surface area contributed by atoms with E-state index in [-0.39, 0.29) is 29.9 Å². The van der Waals surface area contributed by atoms with Crippen molar-refractivity contribution < 1.29 is 13.7 Å². The summed E-state index contributed by atoms with van der Waals surface area (Å²) >= 11 is -1.11. The average Bonchev–Trinajstić information content (AvgIpc) is 3.17. The zero-order valence-electron chi connectivity index (χ0n) is 20.2. The Morgan fingerprint density at radius 1 is 1.15 bits per heavy atom. The molecule has 34 heavy (non-hydrogen) atoms. The second kappa shape index (κ2) is 9.90. The fraction of sp³-hybridized carbons (Fsp3) is 0.481. The van der Waals surface area contributed by atoms with Crippen molar-refractivity contribution >= 4 is 22.3 Å². The number of hydrogen-bond acceptors (Lipinski definition) is 4. The number of aromatic amines is 1. The summed E-state index contributed by atoms with van der Waals surface area (Å²) in [6.45, 7) is 9.06. The van der Waals surface area contributed by atoms with Gasteiger partial charge in [0.2, 0.25) is 0 Å². The lowest BCUT2D eigenvalue weighted by molar-refractivity contribution is 0.0668. The number of ether oxygens (including phenoxy) is 1. The second-order valence-corrected chi connectivity index (χ2v) is 11.8. The molecule has 0 saturated carbocycles. The third-order valence-electron chi connectivity index (χ3n) is 7.04. The van der Waals surface area contributed by atoms with Crippen LogP contribution in [0.25, 0.3) is 10.9 Å². The number of benzene rings is 2. The number of halogens is 1. The lowest BCUT2D eigenvalue weighted by Gasteiger charge is -2.41. The maximum absolute atomic E-state index is 13.4. The van der Waals surface area contributed by atoms with E-state index < -0.39 is 11.4 Å². The van der Waals surface area contributed by atoms with Crippen LogP contribution >= 0.6 is 0 Å². The fourth-order valence-corrected chi connectivity index (χ4v) is 6.63. The first-order valence-electron chi connectivity index (χ1n) is 12.3. The molecule has 2 aliphatic rings. The van der Waals surface area contributed by atoms with Crippen molar-refractivity contribution in [3.63, 3.8) is 0 Å². The molecule has 5 nitrogen and oxygen atoms in total. The van der Waals surface area contributed by atoms with Crippen LogP contribution in [0.2, 0.25) is 0 Å². The van der Waals surface area contributed by atoms with Gasteiger partial charge in [0, 0.05) is 53.5 Å². The minimum absolute atomic E-state index is 0.0389. The largest absolute Gasteiger partial charge is 0.598 e. The zero-order valence-corrected chi connectivity index (χ0v) is 21.0. The standard InChI is InChI=1S/C27H34FN3O2S/c1-18(2)34(32)31-19(3)14-24-23-6-4-5-7-25(23)29-26(24)27(31)21-8-10-22(11-9-21)33-13-12-30-16-20(15-28)17-30/h4-11,18-20,27,29H,12-17H2,1-3H3/t19-,27-,34-/m1/s1. The van der Waals surface area contributed by atoms with Crippen LogP contribution in [0.15, 0.2) is 48.5 Å². The van der Waals surface area contributed by atoms with Crippen LogP contribution in [0.4, 0.5) is 4.39 Å². The van der Waals surface area contributed by atoms with Crippen LogP contribution in [-0.4, -0.2) is 62.9 Å². The van der Waals surface area contributed by atoms with Gasteiger partial charge in [-0.15, -0.1) is 4.31 Å². The molecule has 1 N–H and O–H groups in total. The molecule has 0 amide bonds. The molecule has 1 saturated heterocycles. The third kappa shape index (κ3) is 4.47. The highest BCUT2D eigenvalue weighted by molar-refractivity contribution is 7.89. The first-order chi connectivity index (χ1) is 16.5. The summed E-state index contributed by atoms with van der Waals surface area (Å²) in [7, 11) is 0. The maximum atomic E-state index is 13.4. The van der Waals surface area contributed by atoms with Gasteiger partial charge in [-0.1, -0.05) is 30.3 Å². The van der Waals surface area contributed by atoms with Gasteiger partial charge in [0.25, 0.3) is 0 Å². The van der Waals surface area contributed by atoms with Crippen LogP contribution in [0.1, 0.15) is 43.6 Å². The molecule has 5 rings (SSSR count). The summed E-state index contributed by atoms with van der Waals surface area (Å²) in [4.78, 5) is 5.87. The number of hydrogen-bond donors (Lipinski definition) is 1. The number of alkyl halides is 1. The molecule has 1 fully saturated rings. The number of rotatable bonds is 8. The zero-order chi connectivity index (χ0) is 23.8. The fourth-order valence-electron chi connectivity index (χ4n) is 5.28. The molecule has 0 spiro atoms. The van der Waals surface area contributed by atoms with Crippen LogP contribution in [-0.2, 0) is 17.8 Å². The summed E-state index contributed by atoms with van der Waals surface area (Å²) < 4.78 is 34.2. The number of para-hydroxylation sites is 1. The van der Waals surface area contributed by atoms with Gasteiger partial charge >= 0.3 is 0 Å². The molecule has 3 heterocycles. The van der Waals surface area contributed by atoms with Crippen molar-refractivity contribution in [2.24, 2.45) is 5.92 Å². The topological polar surface area (TPSA) is 54.6 Å². The third-order valence-corrected chi connectivity index (χ3v) is 8.84. The van der Waals surface area contributed by atoms with Crippen molar-refractivity contribution in [2.45, 2.75) is 44.5 Å². The molecule has 2 aliphatic heterocycles. The summed E-state index contributed by atoms with van der Waals surface area (Å²) in [5, 5.41) is 1.29. The summed E-state index contributed by atoms with van der Waals surface area (Å²) in [5.41, 5.74) is 4.70. The van der Waals surface area contributed by atoms with Crippen LogP contribution < -0.4 is 4.74 Å². The Labute approximate surface area is 204 Å². The van der Waals surface area contributed by atoms with Crippen molar-refractivity contribution in [1.29, 1.82) is 0 Å². The number of nitrogens with one attached hydrogen (secondary N) is 1. The number of H-pyrrole nitrogens is 1. The van der Waals surface area contributed by atoms with E-state index in [2.05, 4.69) is 57.5 Å². The first-order valence-corrected chi connectivity index (χ1v) is 13.4. The first kappa shape index (κ1) is 23.7.